The number of carbonyl (C=O) groups is 1. The molecule has 4 rings (SSSR count). The smallest absolute Gasteiger partial charge is 0.224 e. The summed E-state index contributed by atoms with van der Waals surface area (Å²) in [6.07, 6.45) is 4.29. The molecule has 0 unspecified atom stereocenters. The highest BCUT2D eigenvalue weighted by atomic mass is 32.1. The van der Waals surface area contributed by atoms with Crippen LogP contribution in [0, 0.1) is 6.92 Å². The summed E-state index contributed by atoms with van der Waals surface area (Å²) in [5, 5.41) is 7.08. The molecule has 0 spiro atoms. The quantitative estimate of drug-likeness (QED) is 0.605. The Kier molecular flexibility index (Phi) is 5.55. The van der Waals surface area contributed by atoms with Gasteiger partial charge in [-0.2, -0.15) is 0 Å². The summed E-state index contributed by atoms with van der Waals surface area (Å²) < 4.78 is 2.12. The Morgan fingerprint density at radius 3 is 2.70 bits per heavy atom. The van der Waals surface area contributed by atoms with Crippen LogP contribution in [-0.2, 0) is 11.8 Å². The van der Waals surface area contributed by atoms with Crippen molar-refractivity contribution in [2.45, 2.75) is 32.4 Å². The summed E-state index contributed by atoms with van der Waals surface area (Å²) >= 11 is 5.77. The topological polar surface area (TPSA) is 62.2 Å². The summed E-state index contributed by atoms with van der Waals surface area (Å²) in [7, 11) is 2.04. The zero-order valence-corrected chi connectivity index (χ0v) is 18.1. The minimum atomic E-state index is -0.0768. The Morgan fingerprint density at radius 2 is 2.07 bits per heavy atom. The Bertz CT molecular complexity index is 1080. The summed E-state index contributed by atoms with van der Waals surface area (Å²) in [6.45, 7) is 3.84. The third-order valence-corrected chi connectivity index (χ3v) is 5.78. The number of rotatable bonds is 5. The zero-order chi connectivity index (χ0) is 21.3. The number of aromatic nitrogens is 2. The molecular weight excluding hydrogens is 394 g/mol. The normalized spacial score (nSPS) is 18.4. The number of aryl methyl sites for hydroxylation is 2. The van der Waals surface area contributed by atoms with Gasteiger partial charge in [-0.1, -0.05) is 13.0 Å². The van der Waals surface area contributed by atoms with E-state index in [0.29, 0.717) is 11.5 Å². The van der Waals surface area contributed by atoms with E-state index < -0.39 is 0 Å². The van der Waals surface area contributed by atoms with Gasteiger partial charge in [-0.25, -0.2) is 0 Å². The lowest BCUT2D eigenvalue weighted by molar-refractivity contribution is -0.115. The first kappa shape index (κ1) is 20.1. The van der Waals surface area contributed by atoms with E-state index in [-0.39, 0.29) is 18.0 Å². The van der Waals surface area contributed by atoms with Crippen LogP contribution in [0.4, 0.5) is 11.4 Å². The fourth-order valence-corrected chi connectivity index (χ4v) is 4.24. The fourth-order valence-electron chi connectivity index (χ4n) is 3.89. The molecule has 30 heavy (non-hydrogen) atoms. The predicted octanol–water partition coefficient (Wildman–Crippen LogP) is 4.25. The van der Waals surface area contributed by atoms with E-state index in [1.165, 1.54) is 0 Å². The van der Waals surface area contributed by atoms with Gasteiger partial charge >= 0.3 is 0 Å². The lowest BCUT2D eigenvalue weighted by Crippen LogP contribution is -2.30. The molecule has 1 aliphatic rings. The molecule has 0 bridgehead atoms. The van der Waals surface area contributed by atoms with E-state index in [2.05, 4.69) is 37.2 Å². The summed E-state index contributed by atoms with van der Waals surface area (Å²) in [5.74, 6) is 0.00103. The second kappa shape index (κ2) is 8.28. The minimum absolute atomic E-state index is 0.00103. The van der Waals surface area contributed by atoms with E-state index >= 15 is 0 Å². The van der Waals surface area contributed by atoms with Crippen molar-refractivity contribution in [3.63, 3.8) is 0 Å². The Morgan fingerprint density at radius 1 is 1.23 bits per heavy atom. The maximum absolute atomic E-state index is 11.8. The average Bonchev–Trinajstić information content (AvgIpc) is 3.32. The molecule has 3 aromatic rings. The molecule has 1 saturated heterocycles. The van der Waals surface area contributed by atoms with Crippen molar-refractivity contribution in [1.29, 1.82) is 0 Å². The third-order valence-electron chi connectivity index (χ3n) is 5.47. The maximum atomic E-state index is 11.8. The molecule has 1 aromatic carbocycles. The number of nitrogens with zero attached hydrogens (tertiary/aromatic N) is 3. The highest BCUT2D eigenvalue weighted by molar-refractivity contribution is 7.80. The van der Waals surface area contributed by atoms with E-state index in [9.17, 15) is 4.79 Å². The molecule has 1 aliphatic heterocycles. The SMILES string of the molecule is CCC(=O)Nc1ccc(N2C(=S)N[C@@H](c3ccccn3)[C@H]2c2cccn2C)cc1C. The molecule has 0 saturated carbocycles. The molecule has 2 N–H and O–H groups in total. The van der Waals surface area contributed by atoms with Gasteiger partial charge in [0.15, 0.2) is 5.11 Å². The van der Waals surface area contributed by atoms with Crippen LogP contribution in [0.15, 0.2) is 60.9 Å². The van der Waals surface area contributed by atoms with Gasteiger partial charge in [0.05, 0.1) is 11.7 Å². The molecule has 1 amide bonds. The zero-order valence-electron chi connectivity index (χ0n) is 17.3. The number of hydrogen-bond donors (Lipinski definition) is 2. The van der Waals surface area contributed by atoms with Gasteiger partial charge < -0.3 is 20.1 Å². The molecule has 0 aliphatic carbocycles. The van der Waals surface area contributed by atoms with Crippen LogP contribution in [0.1, 0.15) is 42.4 Å². The van der Waals surface area contributed by atoms with Crippen LogP contribution in [-0.4, -0.2) is 20.6 Å². The van der Waals surface area contributed by atoms with Crippen LogP contribution in [0.3, 0.4) is 0 Å². The van der Waals surface area contributed by atoms with Gasteiger partial charge in [0.1, 0.15) is 6.04 Å². The van der Waals surface area contributed by atoms with E-state index in [1.54, 1.807) is 6.20 Å². The van der Waals surface area contributed by atoms with Crippen LogP contribution in [0.25, 0.3) is 0 Å². The van der Waals surface area contributed by atoms with Crippen molar-refractivity contribution < 1.29 is 4.79 Å². The Balaban J connectivity index is 1.76. The fraction of sp³-hybridized carbons (Fsp3) is 0.261. The Hall–Kier alpha value is -3.19. The highest BCUT2D eigenvalue weighted by Crippen LogP contribution is 2.42. The predicted molar refractivity (Wildman–Crippen MR) is 123 cm³/mol. The first-order chi connectivity index (χ1) is 14.5. The van der Waals surface area contributed by atoms with Crippen LogP contribution < -0.4 is 15.5 Å². The largest absolute Gasteiger partial charge is 0.353 e. The van der Waals surface area contributed by atoms with Crippen LogP contribution in [0.2, 0.25) is 0 Å². The second-order valence-corrected chi connectivity index (χ2v) is 7.83. The molecule has 1 fully saturated rings. The molecule has 6 nitrogen and oxygen atoms in total. The standard InChI is InChI=1S/C23H25N5OS/c1-4-20(29)25-17-11-10-16(14-15(17)2)28-22(19-9-7-13-27(19)3)21(26-23(28)30)18-8-5-6-12-24-18/h5-14,21-22H,4H2,1-3H3,(H,25,29)(H,26,30)/t21-,22+/m0/s1. The number of benzene rings is 1. The van der Waals surface area contributed by atoms with Crippen molar-refractivity contribution in [3.8, 4) is 0 Å². The molecule has 7 heteroatoms. The number of anilines is 2. The molecule has 3 heterocycles. The van der Waals surface area contributed by atoms with Gasteiger partial charge in [-0.3, -0.25) is 9.78 Å². The van der Waals surface area contributed by atoms with Crippen LogP contribution >= 0.6 is 12.2 Å². The number of nitrogens with one attached hydrogen (secondary N) is 2. The van der Waals surface area contributed by atoms with Gasteiger partial charge in [0.25, 0.3) is 0 Å². The second-order valence-electron chi connectivity index (χ2n) is 7.44. The number of pyridine rings is 1. The van der Waals surface area contributed by atoms with Crippen molar-refractivity contribution in [1.82, 2.24) is 14.9 Å². The van der Waals surface area contributed by atoms with Crippen molar-refractivity contribution in [2.24, 2.45) is 7.05 Å². The first-order valence-corrected chi connectivity index (χ1v) is 10.4. The molecule has 2 aromatic heterocycles. The van der Waals surface area contributed by atoms with E-state index in [0.717, 1.165) is 28.3 Å². The minimum Gasteiger partial charge on any atom is -0.353 e. The van der Waals surface area contributed by atoms with Crippen LogP contribution in [0.5, 0.6) is 0 Å². The average molecular weight is 420 g/mol. The summed E-state index contributed by atoms with van der Waals surface area (Å²) in [6, 6.07) is 16.0. The maximum Gasteiger partial charge on any atom is 0.224 e. The van der Waals surface area contributed by atoms with Gasteiger partial charge in [0.2, 0.25) is 5.91 Å². The lowest BCUT2D eigenvalue weighted by Gasteiger charge is -2.28. The number of amides is 1. The van der Waals surface area contributed by atoms with E-state index in [1.807, 2.05) is 63.5 Å². The number of hydrogen-bond acceptors (Lipinski definition) is 3. The van der Waals surface area contributed by atoms with Crippen molar-refractivity contribution >= 4 is 34.6 Å². The van der Waals surface area contributed by atoms with Gasteiger partial charge in [0, 0.05) is 42.9 Å². The molecular formula is C23H25N5OS. The van der Waals surface area contributed by atoms with Gasteiger partial charge in [-0.05, 0) is 67.2 Å². The molecule has 2 atom stereocenters. The first-order valence-electron chi connectivity index (χ1n) is 10.0. The monoisotopic (exact) mass is 419 g/mol. The number of thiocarbonyl (C=S) groups is 1. The lowest BCUT2D eigenvalue weighted by atomic mass is 10.0. The summed E-state index contributed by atoms with van der Waals surface area (Å²) in [5.41, 5.74) is 4.87. The highest BCUT2D eigenvalue weighted by Gasteiger charge is 2.41. The van der Waals surface area contributed by atoms with Crippen molar-refractivity contribution in [2.75, 3.05) is 10.2 Å². The molecule has 0 radical (unpaired) electrons. The van der Waals surface area contributed by atoms with Crippen molar-refractivity contribution in [3.05, 3.63) is 77.9 Å². The van der Waals surface area contributed by atoms with E-state index in [4.69, 9.17) is 12.2 Å². The molecule has 154 valence electrons. The number of carbonyl (C=O) groups excluding carboxylic acids is 1. The third kappa shape index (κ3) is 3.68. The Labute approximate surface area is 181 Å². The van der Waals surface area contributed by atoms with Gasteiger partial charge in [-0.15, -0.1) is 0 Å². The summed E-state index contributed by atoms with van der Waals surface area (Å²) in [4.78, 5) is 18.5.